The van der Waals surface area contributed by atoms with Crippen molar-refractivity contribution in [3.05, 3.63) is 42.0 Å². The van der Waals surface area contributed by atoms with Crippen LogP contribution in [0.4, 0.5) is 0 Å². The van der Waals surface area contributed by atoms with Crippen molar-refractivity contribution in [2.24, 2.45) is 0 Å². The summed E-state index contributed by atoms with van der Waals surface area (Å²) >= 11 is 0. The van der Waals surface area contributed by atoms with Crippen LogP contribution in [-0.2, 0) is 0 Å². The van der Waals surface area contributed by atoms with E-state index in [0.717, 1.165) is 10.9 Å². The topological polar surface area (TPSA) is 29.5 Å². The third-order valence-electron chi connectivity index (χ3n) is 2.22. The Hall–Kier alpha value is -1.48. The zero-order valence-corrected chi connectivity index (χ0v) is 7.90. The van der Waals surface area contributed by atoms with E-state index in [2.05, 4.69) is 6.07 Å². The highest BCUT2D eigenvalue weighted by molar-refractivity contribution is 6.17. The van der Waals surface area contributed by atoms with Crippen molar-refractivity contribution in [2.45, 2.75) is 6.92 Å². The van der Waals surface area contributed by atoms with E-state index in [9.17, 15) is 0 Å². The normalized spacial score (nSPS) is 10.1. The van der Waals surface area contributed by atoms with Crippen molar-refractivity contribution in [1.29, 1.82) is 0 Å². The Morgan fingerprint density at radius 1 is 1.14 bits per heavy atom. The SMILES string of the molecule is Cc1cc2ccccc2cc1O[B]O. The van der Waals surface area contributed by atoms with E-state index in [1.807, 2.05) is 37.3 Å². The molecule has 0 aromatic heterocycles. The second kappa shape index (κ2) is 3.72. The number of fused-ring (bicyclic) bond motifs is 1. The Kier molecular flexibility index (Phi) is 2.42. The Balaban J connectivity index is 2.59. The van der Waals surface area contributed by atoms with Crippen molar-refractivity contribution in [3.63, 3.8) is 0 Å². The summed E-state index contributed by atoms with van der Waals surface area (Å²) in [5.41, 5.74) is 1.01. The zero-order chi connectivity index (χ0) is 9.97. The van der Waals surface area contributed by atoms with Crippen molar-refractivity contribution in [2.75, 3.05) is 0 Å². The molecule has 2 aromatic rings. The minimum atomic E-state index is 0.686. The molecule has 1 radical (unpaired) electrons. The average molecular weight is 185 g/mol. The number of hydrogen-bond donors (Lipinski definition) is 1. The van der Waals surface area contributed by atoms with Gasteiger partial charge in [0, 0.05) is 0 Å². The van der Waals surface area contributed by atoms with Gasteiger partial charge in [-0.3, -0.25) is 0 Å². The van der Waals surface area contributed by atoms with Crippen molar-refractivity contribution in [3.8, 4) is 5.75 Å². The van der Waals surface area contributed by atoms with Gasteiger partial charge in [0.2, 0.25) is 0 Å². The van der Waals surface area contributed by atoms with Crippen LogP contribution in [0, 0.1) is 6.92 Å². The van der Waals surface area contributed by atoms with E-state index >= 15 is 0 Å². The van der Waals surface area contributed by atoms with Gasteiger partial charge >= 0.3 is 7.69 Å². The van der Waals surface area contributed by atoms with Crippen LogP contribution in [0.1, 0.15) is 5.56 Å². The molecule has 0 aliphatic carbocycles. The van der Waals surface area contributed by atoms with Crippen LogP contribution in [0.25, 0.3) is 10.8 Å². The Bertz CT molecular complexity index is 454. The summed E-state index contributed by atoms with van der Waals surface area (Å²) in [4.78, 5) is 0. The molecule has 0 spiro atoms. The minimum absolute atomic E-state index is 0.686. The highest BCUT2D eigenvalue weighted by Crippen LogP contribution is 2.24. The summed E-state index contributed by atoms with van der Waals surface area (Å²) in [6.45, 7) is 1.95. The molecule has 0 aliphatic rings. The summed E-state index contributed by atoms with van der Waals surface area (Å²) in [6, 6.07) is 12.0. The number of aryl methyl sites for hydroxylation is 1. The first-order chi connectivity index (χ1) is 6.81. The summed E-state index contributed by atoms with van der Waals surface area (Å²) in [6.07, 6.45) is 0. The molecule has 0 atom stereocenters. The van der Waals surface area contributed by atoms with Gasteiger partial charge in [-0.2, -0.15) is 0 Å². The van der Waals surface area contributed by atoms with Gasteiger partial charge in [-0.05, 0) is 35.4 Å². The van der Waals surface area contributed by atoms with Gasteiger partial charge in [0.15, 0.2) is 0 Å². The molecule has 0 fully saturated rings. The molecule has 1 N–H and O–H groups in total. The van der Waals surface area contributed by atoms with Gasteiger partial charge in [-0.1, -0.05) is 24.3 Å². The molecule has 3 heteroatoms. The van der Waals surface area contributed by atoms with Gasteiger partial charge in [-0.15, -0.1) is 0 Å². The molecule has 69 valence electrons. The van der Waals surface area contributed by atoms with Crippen LogP contribution in [0.3, 0.4) is 0 Å². The van der Waals surface area contributed by atoms with Crippen LogP contribution in [-0.4, -0.2) is 12.7 Å². The maximum Gasteiger partial charge on any atom is 0.569 e. The van der Waals surface area contributed by atoms with Crippen LogP contribution in [0.5, 0.6) is 5.75 Å². The fourth-order valence-electron chi connectivity index (χ4n) is 1.52. The van der Waals surface area contributed by atoms with Gasteiger partial charge in [0.1, 0.15) is 5.75 Å². The lowest BCUT2D eigenvalue weighted by Gasteiger charge is -2.07. The van der Waals surface area contributed by atoms with Crippen molar-refractivity contribution in [1.82, 2.24) is 0 Å². The predicted molar refractivity (Wildman–Crippen MR) is 57.3 cm³/mol. The first kappa shape index (κ1) is 9.09. The smallest absolute Gasteiger partial charge is 0.537 e. The van der Waals surface area contributed by atoms with Crippen molar-refractivity contribution < 1.29 is 9.68 Å². The van der Waals surface area contributed by atoms with E-state index < -0.39 is 0 Å². The standard InChI is InChI=1S/C11H10BO2/c1-8-6-9-4-2-3-5-10(9)7-11(8)14-12-13/h2-7,13H,1H3. The molecule has 0 heterocycles. The molecular formula is C11H10BO2. The third-order valence-corrected chi connectivity index (χ3v) is 2.22. The molecule has 2 nitrogen and oxygen atoms in total. The lowest BCUT2D eigenvalue weighted by atomic mass is 10.1. The van der Waals surface area contributed by atoms with Crippen LogP contribution >= 0.6 is 0 Å². The van der Waals surface area contributed by atoms with E-state index in [0.29, 0.717) is 13.4 Å². The Labute approximate surface area is 83.4 Å². The predicted octanol–water partition coefficient (Wildman–Crippen LogP) is 2.05. The maximum atomic E-state index is 8.57. The lowest BCUT2D eigenvalue weighted by molar-refractivity contribution is 0.452. The molecule has 0 bridgehead atoms. The number of hydrogen-bond acceptors (Lipinski definition) is 2. The van der Waals surface area contributed by atoms with Gasteiger partial charge in [-0.25, -0.2) is 0 Å². The highest BCUT2D eigenvalue weighted by atomic mass is 16.5. The van der Waals surface area contributed by atoms with E-state index in [1.165, 1.54) is 5.39 Å². The fraction of sp³-hybridized carbons (Fsp3) is 0.0909. The summed E-state index contributed by atoms with van der Waals surface area (Å²) in [5, 5.41) is 10.9. The summed E-state index contributed by atoms with van der Waals surface area (Å²) < 4.78 is 4.98. The van der Waals surface area contributed by atoms with Crippen LogP contribution in [0.15, 0.2) is 36.4 Å². The Morgan fingerprint density at radius 2 is 1.79 bits per heavy atom. The molecule has 0 saturated carbocycles. The quantitative estimate of drug-likeness (QED) is 0.725. The van der Waals surface area contributed by atoms with Crippen LogP contribution in [0.2, 0.25) is 0 Å². The third kappa shape index (κ3) is 1.59. The molecular weight excluding hydrogens is 175 g/mol. The fourth-order valence-corrected chi connectivity index (χ4v) is 1.52. The van der Waals surface area contributed by atoms with E-state index in [4.69, 9.17) is 9.68 Å². The second-order valence-electron chi connectivity index (χ2n) is 3.19. The van der Waals surface area contributed by atoms with E-state index in [-0.39, 0.29) is 0 Å². The molecule has 0 saturated heterocycles. The molecule has 0 unspecified atom stereocenters. The molecule has 0 aliphatic heterocycles. The summed E-state index contributed by atoms with van der Waals surface area (Å²) in [5.74, 6) is 0.686. The second-order valence-corrected chi connectivity index (χ2v) is 3.19. The highest BCUT2D eigenvalue weighted by Gasteiger charge is 2.02. The van der Waals surface area contributed by atoms with E-state index in [1.54, 1.807) is 0 Å². The lowest BCUT2D eigenvalue weighted by Crippen LogP contribution is -2.01. The Morgan fingerprint density at radius 3 is 2.43 bits per heavy atom. The first-order valence-electron chi connectivity index (χ1n) is 4.43. The zero-order valence-electron chi connectivity index (χ0n) is 7.90. The maximum absolute atomic E-state index is 8.57. The summed E-state index contributed by atoms with van der Waals surface area (Å²) in [7, 11) is 0.705. The van der Waals surface area contributed by atoms with Crippen LogP contribution < -0.4 is 4.65 Å². The minimum Gasteiger partial charge on any atom is -0.537 e. The molecule has 2 rings (SSSR count). The number of rotatable bonds is 2. The van der Waals surface area contributed by atoms with Gasteiger partial charge in [0.25, 0.3) is 0 Å². The average Bonchev–Trinajstić information content (AvgIpc) is 2.19. The monoisotopic (exact) mass is 185 g/mol. The van der Waals surface area contributed by atoms with Gasteiger partial charge in [0.05, 0.1) is 0 Å². The molecule has 0 amide bonds. The van der Waals surface area contributed by atoms with Gasteiger partial charge < -0.3 is 9.68 Å². The molecule has 2 aromatic carbocycles. The molecule has 14 heavy (non-hydrogen) atoms. The first-order valence-corrected chi connectivity index (χ1v) is 4.43. The van der Waals surface area contributed by atoms with Crippen molar-refractivity contribution >= 4 is 18.5 Å². The largest absolute Gasteiger partial charge is 0.569 e. The number of benzene rings is 2.